The van der Waals surface area contributed by atoms with Gasteiger partial charge in [0.05, 0.1) is 0 Å². The molecule has 0 aliphatic heterocycles. The molecule has 0 saturated heterocycles. The number of benzene rings is 2. The molecule has 0 aliphatic carbocycles. The van der Waals surface area contributed by atoms with Gasteiger partial charge in [0.25, 0.3) is 0 Å². The Morgan fingerprint density at radius 1 is 1.00 bits per heavy atom. The van der Waals surface area contributed by atoms with Crippen LogP contribution in [-0.4, -0.2) is 5.78 Å². The highest BCUT2D eigenvalue weighted by Crippen LogP contribution is 2.24. The van der Waals surface area contributed by atoms with Crippen LogP contribution < -0.4 is 4.74 Å². The Morgan fingerprint density at radius 2 is 1.52 bits per heavy atom. The Kier molecular flexibility index (Phi) is 5.32. The summed E-state index contributed by atoms with van der Waals surface area (Å²) < 4.78 is 5.48. The van der Waals surface area contributed by atoms with Gasteiger partial charge in [-0.15, -0.1) is 0 Å². The molecule has 2 aromatic carbocycles. The van der Waals surface area contributed by atoms with E-state index in [1.807, 2.05) is 48.5 Å². The molecule has 2 heteroatoms. The maximum Gasteiger partial charge on any atom is 0.162 e. The molecule has 0 atom stereocenters. The fourth-order valence-corrected chi connectivity index (χ4v) is 2.06. The Labute approximate surface area is 137 Å². The van der Waals surface area contributed by atoms with Crippen LogP contribution in [0.1, 0.15) is 12.5 Å². The molecule has 23 heavy (non-hydrogen) atoms. The van der Waals surface area contributed by atoms with Gasteiger partial charge in [-0.1, -0.05) is 56.1 Å². The standard InChI is InChI=1S/C21H20O2/c1-5-16(4)23-20-12-10-19(11-13-20)18-8-6-17(7-9-18)14-21(22)15(2)3/h5-13H,1-2,4,14H2,3H3. The van der Waals surface area contributed by atoms with Crippen molar-refractivity contribution in [3.05, 3.63) is 91.2 Å². The normalized spacial score (nSPS) is 9.96. The number of rotatable bonds is 7. The van der Waals surface area contributed by atoms with Crippen molar-refractivity contribution in [3.63, 3.8) is 0 Å². The molecule has 0 bridgehead atoms. The average Bonchev–Trinajstić information content (AvgIpc) is 2.56. The van der Waals surface area contributed by atoms with Gasteiger partial charge in [-0.05, 0) is 47.4 Å². The largest absolute Gasteiger partial charge is 0.458 e. The van der Waals surface area contributed by atoms with Gasteiger partial charge < -0.3 is 4.74 Å². The number of hydrogen-bond donors (Lipinski definition) is 0. The number of ketones is 1. The highest BCUT2D eigenvalue weighted by Gasteiger charge is 2.05. The smallest absolute Gasteiger partial charge is 0.162 e. The third-order valence-electron chi connectivity index (χ3n) is 3.46. The topological polar surface area (TPSA) is 26.3 Å². The van der Waals surface area contributed by atoms with Crippen molar-refractivity contribution in [2.75, 3.05) is 0 Å². The van der Waals surface area contributed by atoms with Gasteiger partial charge in [-0.25, -0.2) is 0 Å². The van der Waals surface area contributed by atoms with Crippen LogP contribution >= 0.6 is 0 Å². The lowest BCUT2D eigenvalue weighted by Gasteiger charge is -2.07. The molecule has 0 aromatic heterocycles. The van der Waals surface area contributed by atoms with E-state index in [1.165, 1.54) is 0 Å². The first-order valence-electron chi connectivity index (χ1n) is 7.37. The molecule has 0 saturated carbocycles. The van der Waals surface area contributed by atoms with Crippen molar-refractivity contribution in [2.45, 2.75) is 13.3 Å². The van der Waals surface area contributed by atoms with Crippen molar-refractivity contribution >= 4 is 5.78 Å². The van der Waals surface area contributed by atoms with E-state index >= 15 is 0 Å². The van der Waals surface area contributed by atoms with Crippen molar-refractivity contribution in [3.8, 4) is 16.9 Å². The van der Waals surface area contributed by atoms with Gasteiger partial charge in [0, 0.05) is 6.42 Å². The fourth-order valence-electron chi connectivity index (χ4n) is 2.06. The fraction of sp³-hybridized carbons (Fsp3) is 0.0952. The zero-order chi connectivity index (χ0) is 16.8. The van der Waals surface area contributed by atoms with Crippen LogP contribution in [0.15, 0.2) is 85.7 Å². The van der Waals surface area contributed by atoms with Crippen LogP contribution in [0.2, 0.25) is 0 Å². The second-order valence-corrected chi connectivity index (χ2v) is 5.37. The van der Waals surface area contributed by atoms with Gasteiger partial charge in [0.15, 0.2) is 5.78 Å². The second-order valence-electron chi connectivity index (χ2n) is 5.37. The lowest BCUT2D eigenvalue weighted by Crippen LogP contribution is -2.02. The molecule has 0 fully saturated rings. The molecule has 0 heterocycles. The van der Waals surface area contributed by atoms with Gasteiger partial charge in [0.1, 0.15) is 11.5 Å². The molecule has 116 valence electrons. The molecule has 0 spiro atoms. The van der Waals surface area contributed by atoms with E-state index in [0.29, 0.717) is 17.8 Å². The van der Waals surface area contributed by atoms with E-state index in [4.69, 9.17) is 4.74 Å². The van der Waals surface area contributed by atoms with Gasteiger partial charge in [-0.3, -0.25) is 4.79 Å². The van der Waals surface area contributed by atoms with E-state index < -0.39 is 0 Å². The lowest BCUT2D eigenvalue weighted by atomic mass is 10.0. The molecular weight excluding hydrogens is 284 g/mol. The van der Waals surface area contributed by atoms with E-state index in [0.717, 1.165) is 22.4 Å². The minimum absolute atomic E-state index is 0.0710. The summed E-state index contributed by atoms with van der Waals surface area (Å²) in [5.74, 6) is 1.31. The van der Waals surface area contributed by atoms with Crippen LogP contribution in [0.4, 0.5) is 0 Å². The van der Waals surface area contributed by atoms with Gasteiger partial charge in [0.2, 0.25) is 0 Å². The van der Waals surface area contributed by atoms with Crippen molar-refractivity contribution in [1.29, 1.82) is 0 Å². The lowest BCUT2D eigenvalue weighted by molar-refractivity contribution is -0.114. The molecule has 0 aliphatic rings. The SMILES string of the molecule is C=CC(=C)Oc1ccc(-c2ccc(CC(=O)C(=C)C)cc2)cc1. The number of carbonyl (C=O) groups excluding carboxylic acids is 1. The Bertz CT molecular complexity index is 734. The van der Waals surface area contributed by atoms with Crippen LogP contribution in [0, 0.1) is 0 Å². The number of Topliss-reactive ketones (excluding diaryl/α,β-unsaturated/α-hetero) is 1. The zero-order valence-electron chi connectivity index (χ0n) is 13.3. The maximum atomic E-state index is 11.7. The van der Waals surface area contributed by atoms with E-state index in [9.17, 15) is 4.79 Å². The summed E-state index contributed by atoms with van der Waals surface area (Å²) >= 11 is 0. The molecule has 2 nitrogen and oxygen atoms in total. The Morgan fingerprint density at radius 3 is 2.00 bits per heavy atom. The molecule has 2 rings (SSSR count). The van der Waals surface area contributed by atoms with Gasteiger partial charge in [-0.2, -0.15) is 0 Å². The summed E-state index contributed by atoms with van der Waals surface area (Å²) in [6, 6.07) is 15.7. The van der Waals surface area contributed by atoms with E-state index in [-0.39, 0.29) is 5.78 Å². The minimum Gasteiger partial charge on any atom is -0.458 e. The number of allylic oxidation sites excluding steroid dienone is 2. The monoisotopic (exact) mass is 304 g/mol. The average molecular weight is 304 g/mol. The number of carbonyl (C=O) groups is 1. The molecule has 0 unspecified atom stereocenters. The quantitative estimate of drug-likeness (QED) is 0.403. The first kappa shape index (κ1) is 16.5. The predicted molar refractivity (Wildman–Crippen MR) is 95.4 cm³/mol. The third kappa shape index (κ3) is 4.55. The zero-order valence-corrected chi connectivity index (χ0v) is 13.3. The van der Waals surface area contributed by atoms with Crippen molar-refractivity contribution in [1.82, 2.24) is 0 Å². The number of hydrogen-bond acceptors (Lipinski definition) is 2. The van der Waals surface area contributed by atoms with Gasteiger partial charge >= 0.3 is 0 Å². The predicted octanol–water partition coefficient (Wildman–Crippen LogP) is 5.12. The minimum atomic E-state index is 0.0710. The third-order valence-corrected chi connectivity index (χ3v) is 3.46. The highest BCUT2D eigenvalue weighted by molar-refractivity contribution is 5.95. The summed E-state index contributed by atoms with van der Waals surface area (Å²) in [5, 5.41) is 0. The van der Waals surface area contributed by atoms with Crippen LogP contribution in [0.5, 0.6) is 5.75 Å². The maximum absolute atomic E-state index is 11.7. The van der Waals surface area contributed by atoms with Crippen LogP contribution in [0.25, 0.3) is 11.1 Å². The summed E-state index contributed by atoms with van der Waals surface area (Å²) in [7, 11) is 0. The Balaban J connectivity index is 2.10. The number of ether oxygens (including phenoxy) is 1. The van der Waals surface area contributed by atoms with E-state index in [1.54, 1.807) is 13.0 Å². The van der Waals surface area contributed by atoms with Crippen molar-refractivity contribution < 1.29 is 9.53 Å². The summed E-state index contributed by atoms with van der Waals surface area (Å²) in [4.78, 5) is 11.7. The molecule has 2 aromatic rings. The molecule has 0 amide bonds. The second kappa shape index (κ2) is 7.41. The van der Waals surface area contributed by atoms with Crippen molar-refractivity contribution in [2.24, 2.45) is 0 Å². The molecule has 0 radical (unpaired) electrons. The highest BCUT2D eigenvalue weighted by atomic mass is 16.5. The first-order valence-corrected chi connectivity index (χ1v) is 7.37. The summed E-state index contributed by atoms with van der Waals surface area (Å²) in [6.07, 6.45) is 1.96. The summed E-state index contributed by atoms with van der Waals surface area (Å²) in [5.41, 5.74) is 3.75. The van der Waals surface area contributed by atoms with E-state index in [2.05, 4.69) is 19.7 Å². The molecular formula is C21H20O2. The van der Waals surface area contributed by atoms with Crippen LogP contribution in [0.3, 0.4) is 0 Å². The Hall–Kier alpha value is -2.87. The molecule has 0 N–H and O–H groups in total. The van der Waals surface area contributed by atoms with Crippen LogP contribution in [-0.2, 0) is 11.2 Å². The summed E-state index contributed by atoms with van der Waals surface area (Å²) in [6.45, 7) is 12.7. The first-order chi connectivity index (χ1) is 11.0.